The summed E-state index contributed by atoms with van der Waals surface area (Å²) in [5.41, 5.74) is 0. The first-order valence-corrected chi connectivity index (χ1v) is 4.89. The Morgan fingerprint density at radius 2 is 1.73 bits per heavy atom. The summed E-state index contributed by atoms with van der Waals surface area (Å²) in [6.45, 7) is 12.3. The van der Waals surface area contributed by atoms with Crippen LogP contribution in [0.3, 0.4) is 0 Å². The van der Waals surface area contributed by atoms with Crippen molar-refractivity contribution in [2.24, 2.45) is 5.92 Å². The second-order valence-electron chi connectivity index (χ2n) is 2.55. The van der Waals surface area contributed by atoms with Gasteiger partial charge < -0.3 is 4.74 Å². The van der Waals surface area contributed by atoms with E-state index >= 15 is 0 Å². The molecule has 0 aliphatic rings. The molecule has 1 unspecified atom stereocenters. The first-order valence-electron chi connectivity index (χ1n) is 4.89. The van der Waals surface area contributed by atoms with Crippen molar-refractivity contribution >= 4 is 0 Å². The summed E-state index contributed by atoms with van der Waals surface area (Å²) in [4.78, 5) is 0. The second kappa shape index (κ2) is 12.6. The molecule has 0 aliphatic carbocycles. The van der Waals surface area contributed by atoms with Crippen molar-refractivity contribution in [2.75, 3.05) is 13.2 Å². The van der Waals surface area contributed by atoms with Gasteiger partial charge in [-0.05, 0) is 19.3 Å². The van der Waals surface area contributed by atoms with E-state index in [1.165, 1.54) is 12.8 Å². The van der Waals surface area contributed by atoms with Crippen LogP contribution in [0.25, 0.3) is 0 Å². The van der Waals surface area contributed by atoms with E-state index in [0.29, 0.717) is 0 Å². The van der Waals surface area contributed by atoms with E-state index in [2.05, 4.69) is 13.8 Å². The number of hydrogen-bond acceptors (Lipinski definition) is 1. The summed E-state index contributed by atoms with van der Waals surface area (Å²) < 4.78 is 5.25. The largest absolute Gasteiger partial charge is 0.381 e. The molecule has 70 valence electrons. The van der Waals surface area contributed by atoms with Crippen molar-refractivity contribution in [3.05, 3.63) is 0 Å². The van der Waals surface area contributed by atoms with E-state index in [-0.39, 0.29) is 0 Å². The molecule has 0 aliphatic heterocycles. The highest BCUT2D eigenvalue weighted by Crippen LogP contribution is 2.04. The molecule has 0 N–H and O–H groups in total. The maximum Gasteiger partial charge on any atom is 0.0491 e. The Labute approximate surface area is 72.1 Å². The molecular weight excluding hydrogens is 136 g/mol. The maximum absolute atomic E-state index is 5.25. The lowest BCUT2D eigenvalue weighted by Crippen LogP contribution is -2.04. The van der Waals surface area contributed by atoms with Gasteiger partial charge in [0.2, 0.25) is 0 Å². The van der Waals surface area contributed by atoms with Crippen molar-refractivity contribution < 1.29 is 4.74 Å². The Morgan fingerprint density at radius 3 is 2.09 bits per heavy atom. The van der Waals surface area contributed by atoms with Gasteiger partial charge >= 0.3 is 0 Å². The summed E-state index contributed by atoms with van der Waals surface area (Å²) in [6.07, 6.45) is 2.56. The molecule has 0 saturated carbocycles. The zero-order valence-electron chi connectivity index (χ0n) is 8.81. The van der Waals surface area contributed by atoms with Crippen LogP contribution in [0.5, 0.6) is 0 Å². The maximum atomic E-state index is 5.25. The van der Waals surface area contributed by atoms with Crippen molar-refractivity contribution in [2.45, 2.75) is 47.5 Å². The van der Waals surface area contributed by atoms with Crippen molar-refractivity contribution in [1.29, 1.82) is 0 Å². The van der Waals surface area contributed by atoms with E-state index in [1.807, 2.05) is 20.8 Å². The Kier molecular flexibility index (Phi) is 15.5. The van der Waals surface area contributed by atoms with Gasteiger partial charge in [0.05, 0.1) is 0 Å². The summed E-state index contributed by atoms with van der Waals surface area (Å²) in [5, 5.41) is 0. The summed E-state index contributed by atoms with van der Waals surface area (Å²) >= 11 is 0. The molecule has 0 amide bonds. The van der Waals surface area contributed by atoms with E-state index in [1.54, 1.807) is 0 Å². The molecule has 0 radical (unpaired) electrons. The van der Waals surface area contributed by atoms with Crippen LogP contribution in [0.1, 0.15) is 47.5 Å². The Hall–Kier alpha value is -0.0400. The fraction of sp³-hybridized carbons (Fsp3) is 1.00. The fourth-order valence-electron chi connectivity index (χ4n) is 0.895. The molecule has 0 heterocycles. The van der Waals surface area contributed by atoms with Gasteiger partial charge in [0, 0.05) is 13.2 Å². The highest BCUT2D eigenvalue weighted by atomic mass is 16.5. The van der Waals surface area contributed by atoms with Crippen molar-refractivity contribution in [1.82, 2.24) is 0 Å². The number of ether oxygens (including phenoxy) is 1. The lowest BCUT2D eigenvalue weighted by atomic mass is 10.1. The van der Waals surface area contributed by atoms with E-state index in [4.69, 9.17) is 4.74 Å². The van der Waals surface area contributed by atoms with E-state index in [9.17, 15) is 0 Å². The smallest absolute Gasteiger partial charge is 0.0491 e. The van der Waals surface area contributed by atoms with Gasteiger partial charge in [-0.25, -0.2) is 0 Å². The van der Waals surface area contributed by atoms with Crippen LogP contribution in [-0.4, -0.2) is 13.2 Å². The monoisotopic (exact) mass is 160 g/mol. The number of hydrogen-bond donors (Lipinski definition) is 0. The van der Waals surface area contributed by atoms with Crippen LogP contribution < -0.4 is 0 Å². The highest BCUT2D eigenvalue weighted by Gasteiger charge is 1.97. The van der Waals surface area contributed by atoms with Crippen LogP contribution in [0.2, 0.25) is 0 Å². The van der Waals surface area contributed by atoms with Gasteiger partial charge in [-0.2, -0.15) is 0 Å². The molecule has 1 nitrogen and oxygen atoms in total. The van der Waals surface area contributed by atoms with E-state index < -0.39 is 0 Å². The third kappa shape index (κ3) is 13.0. The van der Waals surface area contributed by atoms with Crippen LogP contribution in [0.15, 0.2) is 0 Å². The molecule has 0 saturated heterocycles. The molecule has 0 aromatic carbocycles. The summed E-state index contributed by atoms with van der Waals surface area (Å²) in [7, 11) is 0. The Morgan fingerprint density at radius 1 is 1.18 bits per heavy atom. The molecule has 0 rings (SSSR count). The van der Waals surface area contributed by atoms with Crippen molar-refractivity contribution in [3.8, 4) is 0 Å². The Balaban J connectivity index is 0. The van der Waals surface area contributed by atoms with Gasteiger partial charge in [0.15, 0.2) is 0 Å². The second-order valence-corrected chi connectivity index (χ2v) is 2.55. The van der Waals surface area contributed by atoms with Gasteiger partial charge in [0.25, 0.3) is 0 Å². The number of rotatable bonds is 5. The van der Waals surface area contributed by atoms with Gasteiger partial charge in [-0.15, -0.1) is 0 Å². The zero-order valence-corrected chi connectivity index (χ0v) is 8.81. The van der Waals surface area contributed by atoms with E-state index in [0.717, 1.165) is 19.1 Å². The lowest BCUT2D eigenvalue weighted by molar-refractivity contribution is 0.113. The van der Waals surface area contributed by atoms with Crippen LogP contribution in [-0.2, 0) is 4.74 Å². The summed E-state index contributed by atoms with van der Waals surface area (Å²) in [5.74, 6) is 0.745. The predicted octanol–water partition coefficient (Wildman–Crippen LogP) is 3.49. The predicted molar refractivity (Wildman–Crippen MR) is 51.9 cm³/mol. The minimum absolute atomic E-state index is 0.745. The van der Waals surface area contributed by atoms with Gasteiger partial charge in [-0.3, -0.25) is 0 Å². The lowest BCUT2D eigenvalue weighted by Gasteiger charge is -2.08. The first-order chi connectivity index (χ1) is 5.31. The quantitative estimate of drug-likeness (QED) is 0.598. The zero-order chi connectivity index (χ0) is 9.11. The third-order valence-corrected chi connectivity index (χ3v) is 1.39. The normalized spacial score (nSPS) is 11.7. The molecule has 11 heavy (non-hydrogen) atoms. The first kappa shape index (κ1) is 13.5. The Bertz CT molecular complexity index is 52.8. The molecule has 0 aromatic rings. The molecule has 1 atom stereocenters. The minimum atomic E-state index is 0.745. The molecule has 0 spiro atoms. The molecule has 1 heteroatoms. The molecular formula is C10H24O. The molecule has 0 bridgehead atoms. The molecule has 0 aromatic heterocycles. The summed E-state index contributed by atoms with van der Waals surface area (Å²) in [6, 6.07) is 0. The van der Waals surface area contributed by atoms with Gasteiger partial charge in [-0.1, -0.05) is 34.1 Å². The topological polar surface area (TPSA) is 9.23 Å². The van der Waals surface area contributed by atoms with Crippen LogP contribution in [0, 0.1) is 5.92 Å². The highest BCUT2D eigenvalue weighted by molar-refractivity contribution is 4.48. The fourth-order valence-corrected chi connectivity index (χ4v) is 0.895. The minimum Gasteiger partial charge on any atom is -0.381 e. The average molecular weight is 160 g/mol. The standard InChI is InChI=1S/C8H18O.C2H6/c1-4-6-8(3)7-9-5-2;1-2/h8H,4-7H2,1-3H3;1-2H3. The third-order valence-electron chi connectivity index (χ3n) is 1.39. The van der Waals surface area contributed by atoms with Crippen LogP contribution >= 0.6 is 0 Å². The van der Waals surface area contributed by atoms with Gasteiger partial charge in [0.1, 0.15) is 0 Å². The van der Waals surface area contributed by atoms with Crippen LogP contribution in [0.4, 0.5) is 0 Å². The average Bonchev–Trinajstić information content (AvgIpc) is 2.05. The van der Waals surface area contributed by atoms with Crippen molar-refractivity contribution in [3.63, 3.8) is 0 Å². The molecule has 0 fully saturated rings. The SMILES string of the molecule is CC.CCCC(C)COCC.